The second-order valence-electron chi connectivity index (χ2n) is 2.57. The van der Waals surface area contributed by atoms with Crippen LogP contribution < -0.4 is 0 Å². The van der Waals surface area contributed by atoms with Gasteiger partial charge in [0.1, 0.15) is 0 Å². The van der Waals surface area contributed by atoms with Crippen molar-refractivity contribution in [3.8, 4) is 0 Å². The molecule has 0 saturated heterocycles. The fraction of sp³-hybridized carbons (Fsp3) is 0.571. The summed E-state index contributed by atoms with van der Waals surface area (Å²) in [6, 6.07) is 0. The number of hydrogen-bond donors (Lipinski definition) is 0. The third-order valence-corrected chi connectivity index (χ3v) is 3.39. The average molecular weight is 174 g/mol. The summed E-state index contributed by atoms with van der Waals surface area (Å²) < 4.78 is 0. The number of halogens is 1. The normalized spacial score (nSPS) is 31.7. The Bertz CT molecular complexity index is 209. The molecule has 2 atom stereocenters. The van der Waals surface area contributed by atoms with Crippen molar-refractivity contribution in [2.24, 2.45) is 0 Å². The van der Waals surface area contributed by atoms with Gasteiger partial charge in [-0.05, 0) is 12.8 Å². The van der Waals surface area contributed by atoms with Crippen LogP contribution >= 0.6 is 22.9 Å². The summed E-state index contributed by atoms with van der Waals surface area (Å²) in [5.41, 5.74) is 0. The maximum Gasteiger partial charge on any atom is 0.0970 e. The first kappa shape index (κ1) is 6.62. The van der Waals surface area contributed by atoms with Crippen molar-refractivity contribution < 1.29 is 0 Å². The summed E-state index contributed by atoms with van der Waals surface area (Å²) in [6.07, 6.45) is 4.23. The second-order valence-corrected chi connectivity index (χ2v) is 4.06. The summed E-state index contributed by atoms with van der Waals surface area (Å²) >= 11 is 7.69. The lowest BCUT2D eigenvalue weighted by atomic mass is 9.85. The Kier molecular flexibility index (Phi) is 1.66. The van der Waals surface area contributed by atoms with E-state index in [2.05, 4.69) is 4.98 Å². The van der Waals surface area contributed by atoms with E-state index in [1.54, 1.807) is 11.3 Å². The van der Waals surface area contributed by atoms with Gasteiger partial charge in [-0.3, -0.25) is 0 Å². The molecule has 2 rings (SSSR count). The van der Waals surface area contributed by atoms with Crippen molar-refractivity contribution >= 4 is 22.9 Å². The summed E-state index contributed by atoms with van der Waals surface area (Å²) in [5.74, 6) is 0.557. The van der Waals surface area contributed by atoms with E-state index in [1.165, 1.54) is 11.4 Å². The van der Waals surface area contributed by atoms with Crippen LogP contribution in [0.3, 0.4) is 0 Å². The molecule has 0 spiro atoms. The minimum absolute atomic E-state index is 0.353. The highest BCUT2D eigenvalue weighted by Gasteiger charge is 2.31. The molecule has 0 bridgehead atoms. The van der Waals surface area contributed by atoms with E-state index in [1.807, 2.05) is 11.6 Å². The summed E-state index contributed by atoms with van der Waals surface area (Å²) in [7, 11) is 0. The lowest BCUT2D eigenvalue weighted by Crippen LogP contribution is -2.23. The molecule has 0 aromatic carbocycles. The lowest BCUT2D eigenvalue weighted by molar-refractivity contribution is 0.428. The van der Waals surface area contributed by atoms with Crippen LogP contribution in [0.25, 0.3) is 0 Å². The smallest absolute Gasteiger partial charge is 0.0970 e. The molecule has 54 valence electrons. The molecule has 0 aliphatic heterocycles. The maximum absolute atomic E-state index is 5.97. The van der Waals surface area contributed by atoms with Gasteiger partial charge in [-0.2, -0.15) is 0 Å². The van der Waals surface area contributed by atoms with Crippen LogP contribution in [0, 0.1) is 0 Å². The Morgan fingerprint density at radius 1 is 1.60 bits per heavy atom. The zero-order valence-electron chi connectivity index (χ0n) is 5.46. The van der Waals surface area contributed by atoms with E-state index < -0.39 is 0 Å². The molecule has 10 heavy (non-hydrogen) atoms. The van der Waals surface area contributed by atoms with Crippen LogP contribution in [-0.2, 0) is 0 Å². The quantitative estimate of drug-likeness (QED) is 0.595. The molecular formula is C7H8ClNS. The molecule has 0 N–H and O–H groups in total. The van der Waals surface area contributed by atoms with Gasteiger partial charge in [0.2, 0.25) is 0 Å². The molecule has 2 unspecified atom stereocenters. The highest BCUT2D eigenvalue weighted by Crippen LogP contribution is 2.41. The number of alkyl halides is 1. The van der Waals surface area contributed by atoms with Gasteiger partial charge in [0.15, 0.2) is 0 Å². The SMILES string of the molecule is ClC1CCC1c1nccs1. The van der Waals surface area contributed by atoms with Gasteiger partial charge in [-0.15, -0.1) is 22.9 Å². The monoisotopic (exact) mass is 173 g/mol. The van der Waals surface area contributed by atoms with E-state index >= 15 is 0 Å². The Hall–Kier alpha value is -0.0800. The van der Waals surface area contributed by atoms with Crippen molar-refractivity contribution in [3.05, 3.63) is 16.6 Å². The third kappa shape index (κ3) is 0.956. The molecule has 1 aliphatic carbocycles. The van der Waals surface area contributed by atoms with Gasteiger partial charge < -0.3 is 0 Å². The number of nitrogens with zero attached hydrogens (tertiary/aromatic N) is 1. The third-order valence-electron chi connectivity index (χ3n) is 1.96. The van der Waals surface area contributed by atoms with Crippen molar-refractivity contribution in [3.63, 3.8) is 0 Å². The lowest BCUT2D eigenvalue weighted by Gasteiger charge is -2.29. The van der Waals surface area contributed by atoms with Gasteiger partial charge in [0, 0.05) is 22.9 Å². The standard InChI is InChI=1S/C7H8ClNS/c8-6-2-1-5(6)7-9-3-4-10-7/h3-6H,1-2H2. The predicted octanol–water partition coefficient (Wildman–Crippen LogP) is 2.63. The fourth-order valence-corrected chi connectivity index (χ4v) is 2.44. The van der Waals surface area contributed by atoms with E-state index in [-0.39, 0.29) is 0 Å². The Morgan fingerprint density at radius 3 is 2.90 bits per heavy atom. The van der Waals surface area contributed by atoms with Crippen molar-refractivity contribution in [1.29, 1.82) is 0 Å². The molecule has 1 heterocycles. The Labute approximate surface area is 69.0 Å². The first-order valence-electron chi connectivity index (χ1n) is 3.41. The summed E-state index contributed by atoms with van der Waals surface area (Å²) in [6.45, 7) is 0. The molecular weight excluding hydrogens is 166 g/mol. The predicted molar refractivity (Wildman–Crippen MR) is 43.7 cm³/mol. The zero-order chi connectivity index (χ0) is 6.97. The largest absolute Gasteiger partial charge is 0.249 e. The van der Waals surface area contributed by atoms with Gasteiger partial charge in [-0.1, -0.05) is 0 Å². The van der Waals surface area contributed by atoms with Crippen LogP contribution in [-0.4, -0.2) is 10.4 Å². The summed E-state index contributed by atoms with van der Waals surface area (Å²) in [4.78, 5) is 4.22. The molecule has 0 amide bonds. The second kappa shape index (κ2) is 2.51. The molecule has 1 aliphatic rings. The fourth-order valence-electron chi connectivity index (χ4n) is 1.16. The van der Waals surface area contributed by atoms with E-state index in [0.29, 0.717) is 11.3 Å². The minimum atomic E-state index is 0.353. The first-order chi connectivity index (χ1) is 4.88. The van der Waals surface area contributed by atoms with Gasteiger partial charge >= 0.3 is 0 Å². The molecule has 0 radical (unpaired) electrons. The molecule has 1 nitrogen and oxygen atoms in total. The van der Waals surface area contributed by atoms with Crippen molar-refractivity contribution in [2.45, 2.75) is 24.1 Å². The minimum Gasteiger partial charge on any atom is -0.249 e. The number of aromatic nitrogens is 1. The maximum atomic E-state index is 5.97. The van der Waals surface area contributed by atoms with Crippen LogP contribution in [0.15, 0.2) is 11.6 Å². The van der Waals surface area contributed by atoms with Gasteiger partial charge in [0.25, 0.3) is 0 Å². The van der Waals surface area contributed by atoms with Crippen LogP contribution in [0.4, 0.5) is 0 Å². The van der Waals surface area contributed by atoms with E-state index in [4.69, 9.17) is 11.6 Å². The molecule has 1 aromatic rings. The van der Waals surface area contributed by atoms with Crippen LogP contribution in [0.5, 0.6) is 0 Å². The zero-order valence-corrected chi connectivity index (χ0v) is 7.03. The van der Waals surface area contributed by atoms with Crippen LogP contribution in [0.1, 0.15) is 23.8 Å². The van der Waals surface area contributed by atoms with E-state index in [9.17, 15) is 0 Å². The molecule has 1 aromatic heterocycles. The average Bonchev–Trinajstić information content (AvgIpc) is 2.37. The highest BCUT2D eigenvalue weighted by atomic mass is 35.5. The molecule has 1 fully saturated rings. The van der Waals surface area contributed by atoms with E-state index in [0.717, 1.165) is 6.42 Å². The number of rotatable bonds is 1. The Balaban J connectivity index is 2.14. The van der Waals surface area contributed by atoms with Crippen LogP contribution in [0.2, 0.25) is 0 Å². The van der Waals surface area contributed by atoms with Crippen molar-refractivity contribution in [2.75, 3.05) is 0 Å². The first-order valence-corrected chi connectivity index (χ1v) is 4.73. The Morgan fingerprint density at radius 2 is 2.50 bits per heavy atom. The number of thiazole rings is 1. The number of hydrogen-bond acceptors (Lipinski definition) is 2. The highest BCUT2D eigenvalue weighted by molar-refractivity contribution is 7.09. The summed E-state index contributed by atoms with van der Waals surface area (Å²) in [5, 5.41) is 3.58. The van der Waals surface area contributed by atoms with Gasteiger partial charge in [-0.25, -0.2) is 4.98 Å². The van der Waals surface area contributed by atoms with Crippen molar-refractivity contribution in [1.82, 2.24) is 4.98 Å². The topological polar surface area (TPSA) is 12.9 Å². The molecule has 1 saturated carbocycles. The van der Waals surface area contributed by atoms with Gasteiger partial charge in [0.05, 0.1) is 5.01 Å². The molecule has 3 heteroatoms.